The highest BCUT2D eigenvalue weighted by Crippen LogP contribution is 2.15. The first-order chi connectivity index (χ1) is 10.4. The zero-order chi connectivity index (χ0) is 16.2. The number of piperazine rings is 1. The third kappa shape index (κ3) is 4.71. The summed E-state index contributed by atoms with van der Waals surface area (Å²) in [5.41, 5.74) is 0.615. The molecule has 0 spiro atoms. The Hall–Kier alpha value is -1.60. The van der Waals surface area contributed by atoms with Crippen molar-refractivity contribution in [3.05, 3.63) is 29.8 Å². The van der Waals surface area contributed by atoms with Crippen LogP contribution in [0.3, 0.4) is 0 Å². The molecule has 122 valence electrons. The highest BCUT2D eigenvalue weighted by atomic mass is 32.2. The lowest BCUT2D eigenvalue weighted by Gasteiger charge is -2.34. The zero-order valence-corrected chi connectivity index (χ0v) is 13.8. The van der Waals surface area contributed by atoms with Crippen LogP contribution in [0.1, 0.15) is 10.4 Å². The molecule has 1 aromatic rings. The van der Waals surface area contributed by atoms with E-state index in [4.69, 9.17) is 4.74 Å². The molecule has 6 nitrogen and oxygen atoms in total. The summed E-state index contributed by atoms with van der Waals surface area (Å²) in [6, 6.07) is 7.12. The number of hydrogen-bond acceptors (Lipinski definition) is 5. The molecule has 1 fully saturated rings. The lowest BCUT2D eigenvalue weighted by molar-refractivity contribution is 0.0643. The Bertz CT molecular complexity index is 622. The number of methoxy groups -OCH3 is 1. The number of rotatable bonds is 5. The average Bonchev–Trinajstić information content (AvgIpc) is 2.52. The van der Waals surface area contributed by atoms with Gasteiger partial charge in [0.25, 0.3) is 5.91 Å². The molecule has 7 heteroatoms. The summed E-state index contributed by atoms with van der Waals surface area (Å²) < 4.78 is 27.5. The van der Waals surface area contributed by atoms with Gasteiger partial charge in [-0.25, -0.2) is 8.42 Å². The Balaban J connectivity index is 1.89. The predicted molar refractivity (Wildman–Crippen MR) is 85.0 cm³/mol. The number of carbonyl (C=O) groups is 1. The van der Waals surface area contributed by atoms with Gasteiger partial charge in [-0.1, -0.05) is 6.07 Å². The van der Waals surface area contributed by atoms with Crippen LogP contribution < -0.4 is 4.74 Å². The van der Waals surface area contributed by atoms with Gasteiger partial charge in [0.15, 0.2) is 0 Å². The highest BCUT2D eigenvalue weighted by Gasteiger charge is 2.22. The van der Waals surface area contributed by atoms with Crippen LogP contribution in [0.25, 0.3) is 0 Å². The standard InChI is InChI=1S/C15H22N2O4S/c1-21-14-5-3-4-13(12-14)15(18)17-8-6-16(7-9-17)10-11-22(2,19)20/h3-5,12H,6-11H2,1-2H3. The topological polar surface area (TPSA) is 66.9 Å². The van der Waals surface area contributed by atoms with Crippen LogP contribution in [0.2, 0.25) is 0 Å². The minimum Gasteiger partial charge on any atom is -0.497 e. The van der Waals surface area contributed by atoms with Crippen molar-refractivity contribution in [1.82, 2.24) is 9.80 Å². The average molecular weight is 326 g/mol. The highest BCUT2D eigenvalue weighted by molar-refractivity contribution is 7.90. The van der Waals surface area contributed by atoms with Gasteiger partial charge in [-0.05, 0) is 18.2 Å². The van der Waals surface area contributed by atoms with Gasteiger partial charge in [0.05, 0.1) is 12.9 Å². The molecule has 0 saturated carbocycles. The van der Waals surface area contributed by atoms with Gasteiger partial charge < -0.3 is 9.64 Å². The van der Waals surface area contributed by atoms with Crippen molar-refractivity contribution in [3.8, 4) is 5.75 Å². The second-order valence-electron chi connectivity index (χ2n) is 5.50. The van der Waals surface area contributed by atoms with Crippen molar-refractivity contribution in [3.63, 3.8) is 0 Å². The Morgan fingerprint density at radius 2 is 1.91 bits per heavy atom. The normalized spacial score (nSPS) is 16.5. The summed E-state index contributed by atoms with van der Waals surface area (Å²) in [6.07, 6.45) is 1.25. The minimum atomic E-state index is -2.94. The molecule has 1 aliphatic rings. The van der Waals surface area contributed by atoms with Crippen molar-refractivity contribution in [2.45, 2.75) is 0 Å². The molecular weight excluding hydrogens is 304 g/mol. The van der Waals surface area contributed by atoms with Gasteiger partial charge in [0, 0.05) is 44.5 Å². The molecule has 0 N–H and O–H groups in total. The summed E-state index contributed by atoms with van der Waals surface area (Å²) in [6.45, 7) is 3.15. The summed E-state index contributed by atoms with van der Waals surface area (Å²) in [4.78, 5) is 16.3. The maximum absolute atomic E-state index is 12.4. The third-order valence-corrected chi connectivity index (χ3v) is 4.68. The van der Waals surface area contributed by atoms with E-state index in [1.54, 1.807) is 36.3 Å². The van der Waals surface area contributed by atoms with Crippen molar-refractivity contribution in [2.24, 2.45) is 0 Å². The molecule has 2 rings (SSSR count). The lowest BCUT2D eigenvalue weighted by Crippen LogP contribution is -2.49. The molecule has 0 aliphatic carbocycles. The van der Waals surface area contributed by atoms with Crippen LogP contribution in [-0.4, -0.2) is 76.0 Å². The molecule has 1 heterocycles. The van der Waals surface area contributed by atoms with E-state index < -0.39 is 9.84 Å². The molecule has 0 atom stereocenters. The number of hydrogen-bond donors (Lipinski definition) is 0. The second-order valence-corrected chi connectivity index (χ2v) is 7.76. The number of sulfone groups is 1. The van der Waals surface area contributed by atoms with E-state index in [1.165, 1.54) is 6.26 Å². The van der Waals surface area contributed by atoms with E-state index in [9.17, 15) is 13.2 Å². The van der Waals surface area contributed by atoms with Gasteiger partial charge in [0.2, 0.25) is 0 Å². The number of ether oxygens (including phenoxy) is 1. The lowest BCUT2D eigenvalue weighted by atomic mass is 10.1. The molecule has 0 bridgehead atoms. The first-order valence-corrected chi connectivity index (χ1v) is 9.28. The van der Waals surface area contributed by atoms with Gasteiger partial charge in [-0.3, -0.25) is 9.69 Å². The Morgan fingerprint density at radius 1 is 1.23 bits per heavy atom. The van der Waals surface area contributed by atoms with Crippen molar-refractivity contribution in [1.29, 1.82) is 0 Å². The largest absolute Gasteiger partial charge is 0.497 e. The summed E-state index contributed by atoms with van der Waals surface area (Å²) in [5.74, 6) is 0.816. The predicted octanol–water partition coefficient (Wildman–Crippen LogP) is 0.498. The quantitative estimate of drug-likeness (QED) is 0.788. The van der Waals surface area contributed by atoms with Crippen molar-refractivity contribution in [2.75, 3.05) is 51.8 Å². The summed E-state index contributed by atoms with van der Waals surface area (Å²) >= 11 is 0. The number of amides is 1. The number of nitrogens with zero attached hydrogens (tertiary/aromatic N) is 2. The monoisotopic (exact) mass is 326 g/mol. The molecule has 1 aliphatic heterocycles. The fourth-order valence-electron chi connectivity index (χ4n) is 2.41. The smallest absolute Gasteiger partial charge is 0.254 e. The first kappa shape index (κ1) is 16.8. The number of benzene rings is 1. The van der Waals surface area contributed by atoms with Crippen LogP contribution >= 0.6 is 0 Å². The molecular formula is C15H22N2O4S. The summed E-state index contributed by atoms with van der Waals surface area (Å²) in [5, 5.41) is 0. The SMILES string of the molecule is COc1cccc(C(=O)N2CCN(CCS(C)(=O)=O)CC2)c1. The van der Waals surface area contributed by atoms with E-state index in [2.05, 4.69) is 4.90 Å². The Kier molecular flexibility index (Phi) is 5.42. The molecule has 22 heavy (non-hydrogen) atoms. The molecule has 0 radical (unpaired) electrons. The molecule has 0 aromatic heterocycles. The Labute approximate surface area is 131 Å². The maximum Gasteiger partial charge on any atom is 0.254 e. The first-order valence-electron chi connectivity index (χ1n) is 7.22. The van der Waals surface area contributed by atoms with Gasteiger partial charge >= 0.3 is 0 Å². The van der Waals surface area contributed by atoms with E-state index >= 15 is 0 Å². The van der Waals surface area contributed by atoms with Crippen LogP contribution in [0.4, 0.5) is 0 Å². The molecule has 1 aromatic carbocycles. The van der Waals surface area contributed by atoms with Gasteiger partial charge in [0.1, 0.15) is 15.6 Å². The van der Waals surface area contributed by atoms with Crippen molar-refractivity contribution >= 4 is 15.7 Å². The van der Waals surface area contributed by atoms with Crippen LogP contribution in [0, 0.1) is 0 Å². The number of carbonyl (C=O) groups excluding carboxylic acids is 1. The van der Waals surface area contributed by atoms with E-state index in [1.807, 2.05) is 0 Å². The van der Waals surface area contributed by atoms with E-state index in [-0.39, 0.29) is 11.7 Å². The minimum absolute atomic E-state index is 0.0123. The molecule has 1 amide bonds. The van der Waals surface area contributed by atoms with Crippen LogP contribution in [0.5, 0.6) is 5.75 Å². The van der Waals surface area contributed by atoms with Crippen LogP contribution in [0.15, 0.2) is 24.3 Å². The molecule has 0 unspecified atom stereocenters. The van der Waals surface area contributed by atoms with E-state index in [0.29, 0.717) is 44.0 Å². The zero-order valence-electron chi connectivity index (χ0n) is 13.0. The van der Waals surface area contributed by atoms with Gasteiger partial charge in [-0.15, -0.1) is 0 Å². The Morgan fingerprint density at radius 3 is 2.50 bits per heavy atom. The van der Waals surface area contributed by atoms with E-state index in [0.717, 1.165) is 0 Å². The summed E-state index contributed by atoms with van der Waals surface area (Å²) in [7, 11) is -1.37. The molecule has 1 saturated heterocycles. The van der Waals surface area contributed by atoms with Gasteiger partial charge in [-0.2, -0.15) is 0 Å². The fraction of sp³-hybridized carbons (Fsp3) is 0.533. The fourth-order valence-corrected chi connectivity index (χ4v) is 3.00. The van der Waals surface area contributed by atoms with Crippen LogP contribution in [-0.2, 0) is 9.84 Å². The van der Waals surface area contributed by atoms with Crippen molar-refractivity contribution < 1.29 is 17.9 Å². The maximum atomic E-state index is 12.4. The second kappa shape index (κ2) is 7.11. The third-order valence-electron chi connectivity index (χ3n) is 3.75.